The molecule has 0 aliphatic heterocycles. The van der Waals surface area contributed by atoms with Gasteiger partial charge in [-0.25, -0.2) is 4.39 Å². The first-order chi connectivity index (χ1) is 14.4. The van der Waals surface area contributed by atoms with Crippen molar-refractivity contribution in [2.24, 2.45) is 5.92 Å². The summed E-state index contributed by atoms with van der Waals surface area (Å²) >= 11 is 1.19. The molecular formula is C22H24FN3O3S. The molecular weight excluding hydrogens is 405 g/mol. The Balaban J connectivity index is 1.56. The molecule has 158 valence electrons. The number of aromatic nitrogens is 2. The molecule has 3 rings (SSSR count). The molecule has 0 saturated heterocycles. The van der Waals surface area contributed by atoms with Crippen LogP contribution in [0, 0.1) is 18.7 Å². The Morgan fingerprint density at radius 1 is 1.17 bits per heavy atom. The highest BCUT2D eigenvalue weighted by molar-refractivity contribution is 8.00. The van der Waals surface area contributed by atoms with Crippen LogP contribution in [0.3, 0.4) is 0 Å². The van der Waals surface area contributed by atoms with Crippen molar-refractivity contribution in [3.8, 4) is 5.75 Å². The van der Waals surface area contributed by atoms with Gasteiger partial charge in [0, 0.05) is 12.1 Å². The topological polar surface area (TPSA) is 77.2 Å². The van der Waals surface area contributed by atoms with Crippen LogP contribution in [0.15, 0.2) is 58.2 Å². The van der Waals surface area contributed by atoms with Gasteiger partial charge in [0.15, 0.2) is 6.61 Å². The zero-order valence-electron chi connectivity index (χ0n) is 17.1. The molecule has 8 heteroatoms. The first kappa shape index (κ1) is 21.8. The number of benzene rings is 2. The molecule has 3 aromatic rings. The van der Waals surface area contributed by atoms with Crippen molar-refractivity contribution in [1.29, 1.82) is 0 Å². The fourth-order valence-electron chi connectivity index (χ4n) is 2.65. The van der Waals surface area contributed by atoms with Crippen molar-refractivity contribution in [1.82, 2.24) is 15.5 Å². The zero-order chi connectivity index (χ0) is 21.5. The molecule has 0 radical (unpaired) electrons. The molecule has 6 nitrogen and oxygen atoms in total. The largest absolute Gasteiger partial charge is 0.484 e. The Bertz CT molecular complexity index is 976. The van der Waals surface area contributed by atoms with Crippen LogP contribution in [0.5, 0.6) is 5.75 Å². The van der Waals surface area contributed by atoms with Crippen molar-refractivity contribution in [2.45, 2.75) is 44.4 Å². The van der Waals surface area contributed by atoms with Gasteiger partial charge in [0.05, 0.1) is 5.25 Å². The standard InChI is InChI=1S/C22H24FN3O3S/c1-14(2)20(21(27)24-12-16-6-4-5-7-18(16)23)30-22-26-25-19(29-22)13-28-17-10-8-15(3)9-11-17/h4-11,14,20H,12-13H2,1-3H3,(H,24,27). The molecule has 30 heavy (non-hydrogen) atoms. The van der Waals surface area contributed by atoms with E-state index >= 15 is 0 Å². The number of ether oxygens (including phenoxy) is 1. The maximum absolute atomic E-state index is 13.8. The third kappa shape index (κ3) is 6.06. The average molecular weight is 430 g/mol. The molecule has 2 aromatic carbocycles. The molecule has 0 spiro atoms. The van der Waals surface area contributed by atoms with Crippen LogP contribution in [0.1, 0.15) is 30.9 Å². The predicted molar refractivity (Wildman–Crippen MR) is 113 cm³/mol. The van der Waals surface area contributed by atoms with Crippen LogP contribution in [0.2, 0.25) is 0 Å². The van der Waals surface area contributed by atoms with Crippen molar-refractivity contribution < 1.29 is 18.3 Å². The summed E-state index contributed by atoms with van der Waals surface area (Å²) in [5.74, 6) is 0.485. The SMILES string of the molecule is Cc1ccc(OCc2nnc(SC(C(=O)NCc3ccccc3F)C(C)C)o2)cc1. The first-order valence-electron chi connectivity index (χ1n) is 9.62. The van der Waals surface area contributed by atoms with Gasteiger partial charge in [-0.1, -0.05) is 61.5 Å². The molecule has 1 atom stereocenters. The van der Waals surface area contributed by atoms with Crippen LogP contribution in [0.4, 0.5) is 4.39 Å². The van der Waals surface area contributed by atoms with E-state index in [1.54, 1.807) is 18.2 Å². The molecule has 0 aliphatic carbocycles. The highest BCUT2D eigenvalue weighted by Crippen LogP contribution is 2.28. The van der Waals surface area contributed by atoms with Crippen LogP contribution in [0.25, 0.3) is 0 Å². The Morgan fingerprint density at radius 3 is 2.60 bits per heavy atom. The number of nitrogens with one attached hydrogen (secondary N) is 1. The summed E-state index contributed by atoms with van der Waals surface area (Å²) in [6.45, 7) is 6.12. The van der Waals surface area contributed by atoms with E-state index in [4.69, 9.17) is 9.15 Å². The second-order valence-corrected chi connectivity index (χ2v) is 8.25. The second-order valence-electron chi connectivity index (χ2n) is 7.16. The summed E-state index contributed by atoms with van der Waals surface area (Å²) < 4.78 is 25.0. The smallest absolute Gasteiger partial charge is 0.277 e. The molecule has 0 bridgehead atoms. The normalized spacial score (nSPS) is 12.0. The van der Waals surface area contributed by atoms with Gasteiger partial charge >= 0.3 is 0 Å². The van der Waals surface area contributed by atoms with Gasteiger partial charge in [-0.3, -0.25) is 4.79 Å². The van der Waals surface area contributed by atoms with E-state index in [2.05, 4.69) is 15.5 Å². The van der Waals surface area contributed by atoms with Gasteiger partial charge in [-0.05, 0) is 31.0 Å². The summed E-state index contributed by atoms with van der Waals surface area (Å²) in [6.07, 6.45) is 0. The Kier molecular flexibility index (Phi) is 7.46. The van der Waals surface area contributed by atoms with E-state index in [1.807, 2.05) is 45.0 Å². The predicted octanol–water partition coefficient (Wildman–Crippen LogP) is 4.53. The number of amides is 1. The third-order valence-electron chi connectivity index (χ3n) is 4.33. The van der Waals surface area contributed by atoms with Gasteiger partial charge in [0.1, 0.15) is 11.6 Å². The van der Waals surface area contributed by atoms with Gasteiger partial charge in [-0.2, -0.15) is 0 Å². The molecule has 1 amide bonds. The van der Waals surface area contributed by atoms with E-state index in [-0.39, 0.29) is 36.0 Å². The zero-order valence-corrected chi connectivity index (χ0v) is 17.9. The molecule has 0 fully saturated rings. The van der Waals surface area contributed by atoms with Crippen LogP contribution in [-0.4, -0.2) is 21.4 Å². The minimum atomic E-state index is -0.455. The van der Waals surface area contributed by atoms with Crippen LogP contribution < -0.4 is 10.1 Å². The molecule has 0 saturated carbocycles. The van der Waals surface area contributed by atoms with Gasteiger partial charge < -0.3 is 14.5 Å². The fourth-order valence-corrected chi connectivity index (χ4v) is 3.56. The van der Waals surface area contributed by atoms with Crippen molar-refractivity contribution >= 4 is 17.7 Å². The summed E-state index contributed by atoms with van der Waals surface area (Å²) in [7, 11) is 0. The first-order valence-corrected chi connectivity index (χ1v) is 10.5. The third-order valence-corrected chi connectivity index (χ3v) is 5.71. The quantitative estimate of drug-likeness (QED) is 0.504. The number of aryl methyl sites for hydroxylation is 1. The Labute approximate surface area is 179 Å². The summed E-state index contributed by atoms with van der Waals surface area (Å²) in [6, 6.07) is 14.0. The number of rotatable bonds is 9. The highest BCUT2D eigenvalue weighted by Gasteiger charge is 2.26. The van der Waals surface area contributed by atoms with Crippen LogP contribution >= 0.6 is 11.8 Å². The second kappa shape index (κ2) is 10.2. The Morgan fingerprint density at radius 2 is 1.90 bits per heavy atom. The van der Waals surface area contributed by atoms with Crippen molar-refractivity contribution in [3.05, 3.63) is 71.4 Å². The monoisotopic (exact) mass is 429 g/mol. The summed E-state index contributed by atoms with van der Waals surface area (Å²) in [5.41, 5.74) is 1.58. The molecule has 1 unspecified atom stereocenters. The number of carbonyl (C=O) groups is 1. The summed E-state index contributed by atoms with van der Waals surface area (Å²) in [4.78, 5) is 12.6. The van der Waals surface area contributed by atoms with E-state index < -0.39 is 5.25 Å². The number of halogens is 1. The lowest BCUT2D eigenvalue weighted by Crippen LogP contribution is -2.35. The van der Waals surface area contributed by atoms with E-state index in [0.717, 1.165) is 5.56 Å². The number of hydrogen-bond donors (Lipinski definition) is 1. The maximum atomic E-state index is 13.8. The average Bonchev–Trinajstić information content (AvgIpc) is 3.18. The fraction of sp³-hybridized carbons (Fsp3) is 0.318. The number of nitrogens with zero attached hydrogens (tertiary/aromatic N) is 2. The highest BCUT2D eigenvalue weighted by atomic mass is 32.2. The van der Waals surface area contributed by atoms with Gasteiger partial charge in [0.25, 0.3) is 11.1 Å². The molecule has 1 N–H and O–H groups in total. The molecule has 1 heterocycles. The lowest BCUT2D eigenvalue weighted by atomic mass is 10.1. The summed E-state index contributed by atoms with van der Waals surface area (Å²) in [5, 5.41) is 10.6. The van der Waals surface area contributed by atoms with Crippen molar-refractivity contribution in [2.75, 3.05) is 0 Å². The number of thioether (sulfide) groups is 1. The number of hydrogen-bond acceptors (Lipinski definition) is 6. The molecule has 1 aromatic heterocycles. The Hall–Kier alpha value is -2.87. The van der Waals surface area contributed by atoms with Gasteiger partial charge in [0.2, 0.25) is 5.91 Å². The maximum Gasteiger partial charge on any atom is 0.277 e. The van der Waals surface area contributed by atoms with E-state index in [1.165, 1.54) is 17.8 Å². The minimum Gasteiger partial charge on any atom is -0.484 e. The van der Waals surface area contributed by atoms with Crippen molar-refractivity contribution in [3.63, 3.8) is 0 Å². The van der Waals surface area contributed by atoms with Crippen LogP contribution in [-0.2, 0) is 17.9 Å². The lowest BCUT2D eigenvalue weighted by molar-refractivity contribution is -0.121. The van der Waals surface area contributed by atoms with Gasteiger partial charge in [-0.15, -0.1) is 10.2 Å². The number of carbonyl (C=O) groups excluding carboxylic acids is 1. The van der Waals surface area contributed by atoms with E-state index in [9.17, 15) is 9.18 Å². The van der Waals surface area contributed by atoms with E-state index in [0.29, 0.717) is 17.2 Å². The molecule has 0 aliphatic rings. The lowest BCUT2D eigenvalue weighted by Gasteiger charge is -2.18. The minimum absolute atomic E-state index is 0.00905.